The molecule has 3 aliphatic heterocycles. The van der Waals surface area contributed by atoms with E-state index < -0.39 is 20.7 Å². The van der Waals surface area contributed by atoms with Crippen LogP contribution in [0.25, 0.3) is 0 Å². The standard InChI is InChI=1S/C20H25NO4S.ClH/c1-14-17(26(23,24)16-8-4-3-5-9-16)12-15-13-19(22)25-20(15,2)18-10-6-7-11-21(14)18;/h3-5,8-9,13-14,17-18H,6-7,10-12H2,1-2H3;1H/t14-,17?,18+,20-;/m0./s1. The summed E-state index contributed by atoms with van der Waals surface area (Å²) in [5.74, 6) is -0.349. The molecule has 0 radical (unpaired) electrons. The number of benzene rings is 1. The minimum Gasteiger partial charge on any atom is -0.450 e. The topological polar surface area (TPSA) is 63.7 Å². The third kappa shape index (κ3) is 3.22. The second kappa shape index (κ2) is 7.22. The quantitative estimate of drug-likeness (QED) is 0.699. The van der Waals surface area contributed by atoms with E-state index in [4.69, 9.17) is 4.74 Å². The zero-order valence-corrected chi connectivity index (χ0v) is 17.3. The smallest absolute Gasteiger partial charge is 0.331 e. The number of sulfone groups is 1. The van der Waals surface area contributed by atoms with Crippen LogP contribution in [0.1, 0.15) is 39.5 Å². The number of hydrogen-bond acceptors (Lipinski definition) is 5. The zero-order chi connectivity index (χ0) is 18.5. The predicted molar refractivity (Wildman–Crippen MR) is 106 cm³/mol. The van der Waals surface area contributed by atoms with Gasteiger partial charge in [0.25, 0.3) is 0 Å². The van der Waals surface area contributed by atoms with E-state index in [1.54, 1.807) is 24.3 Å². The summed E-state index contributed by atoms with van der Waals surface area (Å²) in [6, 6.07) is 8.55. The van der Waals surface area contributed by atoms with Gasteiger partial charge in [0.2, 0.25) is 0 Å². The lowest BCUT2D eigenvalue weighted by molar-refractivity contribution is -0.151. The van der Waals surface area contributed by atoms with Crippen LogP contribution >= 0.6 is 12.4 Å². The van der Waals surface area contributed by atoms with Crippen LogP contribution in [0.2, 0.25) is 0 Å². The molecule has 2 saturated heterocycles. The number of carbonyl (C=O) groups is 1. The average molecular weight is 412 g/mol. The summed E-state index contributed by atoms with van der Waals surface area (Å²) in [4.78, 5) is 14.7. The van der Waals surface area contributed by atoms with Gasteiger partial charge in [-0.1, -0.05) is 24.6 Å². The molecule has 3 aliphatic rings. The van der Waals surface area contributed by atoms with Gasteiger partial charge in [-0.05, 0) is 57.4 Å². The van der Waals surface area contributed by atoms with Gasteiger partial charge in [0, 0.05) is 12.1 Å². The molecule has 5 nitrogen and oxygen atoms in total. The number of esters is 1. The Bertz CT molecular complexity index is 854. The van der Waals surface area contributed by atoms with Crippen LogP contribution in [0.15, 0.2) is 46.9 Å². The average Bonchev–Trinajstić information content (AvgIpc) is 2.89. The molecule has 0 aliphatic carbocycles. The number of rotatable bonds is 2. The molecule has 0 N–H and O–H groups in total. The first-order chi connectivity index (χ1) is 12.3. The molecule has 1 aromatic rings. The molecule has 4 atom stereocenters. The van der Waals surface area contributed by atoms with Crippen molar-refractivity contribution in [3.63, 3.8) is 0 Å². The number of piperidine rings is 1. The van der Waals surface area contributed by atoms with Crippen molar-refractivity contribution in [1.29, 1.82) is 0 Å². The molecule has 0 spiro atoms. The Hall–Kier alpha value is -1.37. The number of carbonyl (C=O) groups excluding carboxylic acids is 1. The van der Waals surface area contributed by atoms with Crippen LogP contribution in [0.5, 0.6) is 0 Å². The summed E-state index contributed by atoms with van der Waals surface area (Å²) in [5, 5.41) is -0.590. The van der Waals surface area contributed by atoms with E-state index in [0.29, 0.717) is 11.3 Å². The lowest BCUT2D eigenvalue weighted by atomic mass is 9.83. The van der Waals surface area contributed by atoms with Crippen molar-refractivity contribution >= 4 is 28.2 Å². The lowest BCUT2D eigenvalue weighted by Crippen LogP contribution is -2.57. The SMILES string of the molecule is C[C@H]1C(S(=O)(=O)c2ccccc2)CC2=CC(=O)O[C@]2(C)[C@H]2CCCCN12.Cl. The van der Waals surface area contributed by atoms with Crippen molar-refractivity contribution in [2.24, 2.45) is 0 Å². The summed E-state index contributed by atoms with van der Waals surface area (Å²) >= 11 is 0. The molecule has 3 heterocycles. The first-order valence-electron chi connectivity index (χ1n) is 9.33. The Morgan fingerprint density at radius 1 is 1.19 bits per heavy atom. The van der Waals surface area contributed by atoms with E-state index in [1.165, 1.54) is 6.08 Å². The summed E-state index contributed by atoms with van der Waals surface area (Å²) in [6.45, 7) is 4.81. The number of nitrogens with zero attached hydrogens (tertiary/aromatic N) is 1. The monoisotopic (exact) mass is 411 g/mol. The number of ether oxygens (including phenoxy) is 1. The third-order valence-corrected chi connectivity index (χ3v) is 8.66. The first kappa shape index (κ1) is 20.4. The minimum absolute atomic E-state index is 0. The number of fused-ring (bicyclic) bond motifs is 3. The van der Waals surface area contributed by atoms with Crippen LogP contribution in [-0.4, -0.2) is 48.8 Å². The van der Waals surface area contributed by atoms with Gasteiger partial charge >= 0.3 is 5.97 Å². The van der Waals surface area contributed by atoms with E-state index >= 15 is 0 Å². The number of halogens is 1. The van der Waals surface area contributed by atoms with Crippen molar-refractivity contribution in [3.8, 4) is 0 Å². The van der Waals surface area contributed by atoms with Crippen LogP contribution in [0, 0.1) is 0 Å². The van der Waals surface area contributed by atoms with E-state index in [2.05, 4.69) is 4.90 Å². The fraction of sp³-hybridized carbons (Fsp3) is 0.550. The van der Waals surface area contributed by atoms with Gasteiger partial charge in [0.15, 0.2) is 9.84 Å². The van der Waals surface area contributed by atoms with E-state index in [-0.39, 0.29) is 30.5 Å². The molecule has 2 fully saturated rings. The van der Waals surface area contributed by atoms with Gasteiger partial charge in [-0.3, -0.25) is 4.90 Å². The molecule has 0 aromatic heterocycles. The predicted octanol–water partition coefficient (Wildman–Crippen LogP) is 3.14. The summed E-state index contributed by atoms with van der Waals surface area (Å²) < 4.78 is 32.6. The summed E-state index contributed by atoms with van der Waals surface area (Å²) in [5.41, 5.74) is 0.112. The fourth-order valence-corrected chi connectivity index (χ4v) is 6.88. The molecule has 0 bridgehead atoms. The highest BCUT2D eigenvalue weighted by Crippen LogP contribution is 2.45. The highest BCUT2D eigenvalue weighted by Gasteiger charge is 2.55. The maximum absolute atomic E-state index is 13.4. The molecular formula is C20H26ClNO4S. The Labute approximate surface area is 167 Å². The molecule has 1 unspecified atom stereocenters. The van der Waals surface area contributed by atoms with Crippen LogP contribution in [0.4, 0.5) is 0 Å². The number of hydrogen-bond donors (Lipinski definition) is 0. The van der Waals surface area contributed by atoms with Crippen LogP contribution in [0.3, 0.4) is 0 Å². The molecule has 0 saturated carbocycles. The highest BCUT2D eigenvalue weighted by molar-refractivity contribution is 7.92. The largest absolute Gasteiger partial charge is 0.450 e. The molecule has 148 valence electrons. The molecule has 7 heteroatoms. The first-order valence-corrected chi connectivity index (χ1v) is 10.9. The van der Waals surface area contributed by atoms with Crippen molar-refractivity contribution in [2.45, 2.75) is 67.4 Å². The van der Waals surface area contributed by atoms with E-state index in [1.807, 2.05) is 19.9 Å². The van der Waals surface area contributed by atoms with Gasteiger partial charge in [0.1, 0.15) is 5.60 Å². The van der Waals surface area contributed by atoms with Crippen molar-refractivity contribution in [3.05, 3.63) is 42.0 Å². The second-order valence-corrected chi connectivity index (χ2v) is 9.96. The van der Waals surface area contributed by atoms with Crippen molar-refractivity contribution in [1.82, 2.24) is 4.90 Å². The summed E-state index contributed by atoms with van der Waals surface area (Å²) in [6.07, 6.45) is 4.90. The maximum Gasteiger partial charge on any atom is 0.331 e. The van der Waals surface area contributed by atoms with Gasteiger partial charge in [-0.15, -0.1) is 12.4 Å². The van der Waals surface area contributed by atoms with Gasteiger partial charge in [-0.2, -0.15) is 0 Å². The molecule has 0 amide bonds. The third-order valence-electron chi connectivity index (χ3n) is 6.37. The Morgan fingerprint density at radius 3 is 2.59 bits per heavy atom. The summed E-state index contributed by atoms with van der Waals surface area (Å²) in [7, 11) is -3.52. The normalized spacial score (nSPS) is 33.8. The Morgan fingerprint density at radius 2 is 1.89 bits per heavy atom. The van der Waals surface area contributed by atoms with E-state index in [9.17, 15) is 13.2 Å². The fourth-order valence-electron chi connectivity index (χ4n) is 4.92. The maximum atomic E-state index is 13.4. The Balaban J connectivity index is 0.00000210. The molecular weight excluding hydrogens is 386 g/mol. The second-order valence-electron chi connectivity index (χ2n) is 7.79. The minimum atomic E-state index is -3.52. The van der Waals surface area contributed by atoms with Crippen molar-refractivity contribution < 1.29 is 17.9 Å². The zero-order valence-electron chi connectivity index (χ0n) is 15.6. The molecule has 1 aromatic carbocycles. The van der Waals surface area contributed by atoms with E-state index in [0.717, 1.165) is 31.4 Å². The van der Waals surface area contributed by atoms with Gasteiger partial charge in [0.05, 0.1) is 16.2 Å². The van der Waals surface area contributed by atoms with Gasteiger partial charge < -0.3 is 4.74 Å². The van der Waals surface area contributed by atoms with Gasteiger partial charge in [-0.25, -0.2) is 13.2 Å². The van der Waals surface area contributed by atoms with Crippen molar-refractivity contribution in [2.75, 3.05) is 6.54 Å². The highest BCUT2D eigenvalue weighted by atomic mass is 35.5. The van der Waals surface area contributed by atoms with Crippen LogP contribution < -0.4 is 0 Å². The Kier molecular flexibility index (Phi) is 5.45. The molecule has 27 heavy (non-hydrogen) atoms. The van der Waals surface area contributed by atoms with Crippen LogP contribution in [-0.2, 0) is 19.4 Å². The molecule has 4 rings (SSSR count). The lowest BCUT2D eigenvalue weighted by Gasteiger charge is -2.45.